The van der Waals surface area contributed by atoms with Crippen molar-refractivity contribution in [3.05, 3.63) is 64.4 Å². The lowest BCUT2D eigenvalue weighted by molar-refractivity contribution is -0.00303. The summed E-state index contributed by atoms with van der Waals surface area (Å²) in [6.45, 7) is 6.66. The van der Waals surface area contributed by atoms with E-state index in [1.54, 1.807) is 6.07 Å². The van der Waals surface area contributed by atoms with E-state index in [-0.39, 0.29) is 27.7 Å². The van der Waals surface area contributed by atoms with Gasteiger partial charge in [0, 0.05) is 30.2 Å². The Morgan fingerprint density at radius 3 is 2.44 bits per heavy atom. The Kier molecular flexibility index (Phi) is 6.43. The molecule has 5 N–H and O–H groups in total. The van der Waals surface area contributed by atoms with Crippen LogP contribution in [0.25, 0.3) is 10.4 Å². The van der Waals surface area contributed by atoms with Crippen molar-refractivity contribution < 1.29 is 23.8 Å². The summed E-state index contributed by atoms with van der Waals surface area (Å²) in [6.07, 6.45) is -0.282. The van der Waals surface area contributed by atoms with E-state index in [0.717, 1.165) is 34.7 Å². The van der Waals surface area contributed by atoms with E-state index in [4.69, 9.17) is 5.73 Å². The third-order valence-corrected chi connectivity index (χ3v) is 6.83. The van der Waals surface area contributed by atoms with Crippen molar-refractivity contribution in [3.63, 3.8) is 0 Å². The Morgan fingerprint density at radius 2 is 1.91 bits per heavy atom. The van der Waals surface area contributed by atoms with Crippen molar-refractivity contribution in [1.82, 2.24) is 9.88 Å². The van der Waals surface area contributed by atoms with E-state index < -0.39 is 23.1 Å². The molecule has 1 aliphatic heterocycles. The van der Waals surface area contributed by atoms with E-state index >= 15 is 0 Å². The summed E-state index contributed by atoms with van der Waals surface area (Å²) in [5.74, 6) is -1.99. The first-order valence-corrected chi connectivity index (χ1v) is 11.5. The molecule has 0 saturated carbocycles. The Morgan fingerprint density at radius 1 is 1.26 bits per heavy atom. The smallest absolute Gasteiger partial charge is 0.251 e. The normalized spacial score (nSPS) is 14.8. The molecule has 0 aliphatic carbocycles. The fourth-order valence-corrected chi connectivity index (χ4v) is 4.93. The van der Waals surface area contributed by atoms with Crippen LogP contribution in [0, 0.1) is 18.6 Å². The SMILES string of the molecule is Cc1nc(Nc2sc(-c3c(F)cc(C(C)(C)O)cc3F)cc2C(N)=O)ccc1CN1CC(O)C1. The first-order chi connectivity index (χ1) is 15.9. The molecule has 4 rings (SSSR count). The number of pyridine rings is 1. The fourth-order valence-electron chi connectivity index (χ4n) is 3.81. The number of aromatic nitrogens is 1. The van der Waals surface area contributed by atoms with Gasteiger partial charge in [0.05, 0.1) is 22.8 Å². The number of β-amino-alcohol motifs (C(OH)–C–C–N with tert-alkyl or cyclic N) is 1. The number of anilines is 2. The molecular weight excluding hydrogens is 462 g/mol. The van der Waals surface area contributed by atoms with Gasteiger partial charge in [-0.15, -0.1) is 11.3 Å². The minimum absolute atomic E-state index is 0.0865. The van der Waals surface area contributed by atoms with Gasteiger partial charge in [0.1, 0.15) is 22.5 Å². The van der Waals surface area contributed by atoms with Gasteiger partial charge in [0.15, 0.2) is 0 Å². The molecule has 1 aliphatic rings. The molecular formula is C24H26F2N4O3S. The van der Waals surface area contributed by atoms with E-state index in [2.05, 4.69) is 15.2 Å². The summed E-state index contributed by atoms with van der Waals surface area (Å²) in [6, 6.07) is 7.16. The largest absolute Gasteiger partial charge is 0.390 e. The third-order valence-electron chi connectivity index (χ3n) is 5.76. The second-order valence-corrected chi connectivity index (χ2v) is 10.1. The van der Waals surface area contributed by atoms with E-state index in [1.807, 2.05) is 13.0 Å². The number of carbonyl (C=O) groups excluding carboxylic acids is 1. The highest BCUT2D eigenvalue weighted by Gasteiger charge is 2.26. The molecule has 0 spiro atoms. The number of hydrogen-bond acceptors (Lipinski definition) is 7. The van der Waals surface area contributed by atoms with Gasteiger partial charge in [-0.3, -0.25) is 9.69 Å². The first kappa shape index (κ1) is 24.2. The number of halogens is 2. The molecule has 3 aromatic rings. The Hall–Kier alpha value is -2.92. The fraction of sp³-hybridized carbons (Fsp3) is 0.333. The topological polar surface area (TPSA) is 112 Å². The maximum absolute atomic E-state index is 14.8. The zero-order valence-corrected chi connectivity index (χ0v) is 19.8. The summed E-state index contributed by atoms with van der Waals surface area (Å²) in [4.78, 5) is 18.9. The quantitative estimate of drug-likeness (QED) is 0.404. The second kappa shape index (κ2) is 9.03. The van der Waals surface area contributed by atoms with Crippen LogP contribution in [0.5, 0.6) is 0 Å². The third kappa shape index (κ3) is 4.95. The molecule has 0 unspecified atom stereocenters. The number of carbonyl (C=O) groups is 1. The Balaban J connectivity index is 1.63. The highest BCUT2D eigenvalue weighted by atomic mass is 32.1. The van der Waals surface area contributed by atoms with Gasteiger partial charge in [-0.1, -0.05) is 6.07 Å². The van der Waals surface area contributed by atoms with Gasteiger partial charge in [0.2, 0.25) is 0 Å². The number of aliphatic hydroxyl groups excluding tert-OH is 1. The average molecular weight is 489 g/mol. The first-order valence-electron chi connectivity index (χ1n) is 10.7. The van der Waals surface area contributed by atoms with Crippen LogP contribution in [-0.4, -0.2) is 45.2 Å². The van der Waals surface area contributed by atoms with Crippen LogP contribution >= 0.6 is 11.3 Å². The minimum atomic E-state index is -1.41. The number of amides is 1. The molecule has 0 radical (unpaired) electrons. The molecule has 1 saturated heterocycles. The van der Waals surface area contributed by atoms with Crippen LogP contribution < -0.4 is 11.1 Å². The van der Waals surface area contributed by atoms with Gasteiger partial charge in [-0.05, 0) is 56.2 Å². The molecule has 1 fully saturated rings. The molecule has 2 aromatic heterocycles. The number of nitrogens with zero attached hydrogens (tertiary/aromatic N) is 2. The highest BCUT2D eigenvalue weighted by Crippen LogP contribution is 2.40. The predicted molar refractivity (Wildman–Crippen MR) is 127 cm³/mol. The van der Waals surface area contributed by atoms with Crippen molar-refractivity contribution in [2.75, 3.05) is 18.4 Å². The van der Waals surface area contributed by atoms with Crippen LogP contribution in [0.2, 0.25) is 0 Å². The highest BCUT2D eigenvalue weighted by molar-refractivity contribution is 7.20. The monoisotopic (exact) mass is 488 g/mol. The van der Waals surface area contributed by atoms with Gasteiger partial charge in [-0.2, -0.15) is 0 Å². The van der Waals surface area contributed by atoms with Gasteiger partial charge < -0.3 is 21.3 Å². The molecule has 0 bridgehead atoms. The van der Waals surface area contributed by atoms with Gasteiger partial charge in [0.25, 0.3) is 5.91 Å². The lowest BCUT2D eigenvalue weighted by atomic mass is 9.96. The number of hydrogen-bond donors (Lipinski definition) is 4. The van der Waals surface area contributed by atoms with Crippen molar-refractivity contribution in [3.8, 4) is 10.4 Å². The van der Waals surface area contributed by atoms with E-state index in [0.29, 0.717) is 30.5 Å². The Labute approximate surface area is 199 Å². The van der Waals surface area contributed by atoms with Crippen LogP contribution in [0.15, 0.2) is 30.3 Å². The van der Waals surface area contributed by atoms with Gasteiger partial charge >= 0.3 is 0 Å². The minimum Gasteiger partial charge on any atom is -0.390 e. The lowest BCUT2D eigenvalue weighted by Gasteiger charge is -2.36. The summed E-state index contributed by atoms with van der Waals surface area (Å²) in [5.41, 5.74) is 5.79. The summed E-state index contributed by atoms with van der Waals surface area (Å²) in [5, 5.41) is 22.9. The second-order valence-electron chi connectivity index (χ2n) is 9.01. The molecule has 7 nitrogen and oxygen atoms in total. The molecule has 180 valence electrons. The predicted octanol–water partition coefficient (Wildman–Crippen LogP) is 3.64. The van der Waals surface area contributed by atoms with Crippen molar-refractivity contribution in [2.24, 2.45) is 5.73 Å². The zero-order valence-electron chi connectivity index (χ0n) is 19.0. The number of rotatable bonds is 7. The molecule has 1 amide bonds. The summed E-state index contributed by atoms with van der Waals surface area (Å²) >= 11 is 0.981. The maximum Gasteiger partial charge on any atom is 0.251 e. The van der Waals surface area contributed by atoms with Crippen LogP contribution in [0.1, 0.15) is 41.0 Å². The Bertz CT molecular complexity index is 1230. The lowest BCUT2D eigenvalue weighted by Crippen LogP contribution is -2.49. The number of aryl methyl sites for hydroxylation is 1. The maximum atomic E-state index is 14.8. The molecule has 1 aromatic carbocycles. The number of nitrogens with one attached hydrogen (secondary N) is 1. The van der Waals surface area contributed by atoms with Crippen molar-refractivity contribution >= 4 is 28.1 Å². The standard InChI is InChI=1S/C24H26F2N4O3S/c1-12-13(9-30-10-15(31)11-30)4-5-20(28-12)29-23-16(22(27)32)8-19(34-23)21-17(25)6-14(7-18(21)26)24(2,3)33/h4-8,15,31,33H,9-11H2,1-3H3,(H2,27,32)(H,28,29). The number of thiophene rings is 1. The van der Waals surface area contributed by atoms with Crippen molar-refractivity contribution in [2.45, 2.75) is 39.0 Å². The molecule has 10 heteroatoms. The van der Waals surface area contributed by atoms with E-state index in [1.165, 1.54) is 19.9 Å². The molecule has 3 heterocycles. The molecule has 0 atom stereocenters. The average Bonchev–Trinajstić information content (AvgIpc) is 3.11. The van der Waals surface area contributed by atoms with Gasteiger partial charge in [-0.25, -0.2) is 13.8 Å². The number of benzene rings is 1. The van der Waals surface area contributed by atoms with Crippen LogP contribution in [0.3, 0.4) is 0 Å². The number of nitrogens with two attached hydrogens (primary N) is 1. The van der Waals surface area contributed by atoms with E-state index in [9.17, 15) is 23.8 Å². The zero-order chi connectivity index (χ0) is 24.8. The van der Waals surface area contributed by atoms with Crippen molar-refractivity contribution in [1.29, 1.82) is 0 Å². The summed E-state index contributed by atoms with van der Waals surface area (Å²) in [7, 11) is 0. The number of likely N-dealkylation sites (tertiary alicyclic amines) is 1. The number of aliphatic hydroxyl groups is 2. The summed E-state index contributed by atoms with van der Waals surface area (Å²) < 4.78 is 29.7. The number of primary amides is 1. The molecule has 34 heavy (non-hydrogen) atoms. The van der Waals surface area contributed by atoms with Crippen LogP contribution in [0.4, 0.5) is 19.6 Å². The van der Waals surface area contributed by atoms with Crippen LogP contribution in [-0.2, 0) is 12.1 Å².